The molecule has 2 heterocycles. The number of likely N-dealkylation sites (tertiary alicyclic amines) is 1. The Labute approximate surface area is 167 Å². The predicted octanol–water partition coefficient (Wildman–Crippen LogP) is 4.71. The third-order valence-corrected chi connectivity index (χ3v) is 6.23. The lowest BCUT2D eigenvalue weighted by atomic mass is 9.81. The molecular formula is C22H22BrNO3. The van der Waals surface area contributed by atoms with E-state index in [-0.39, 0.29) is 11.7 Å². The summed E-state index contributed by atoms with van der Waals surface area (Å²) in [6.45, 7) is 5.24. The van der Waals surface area contributed by atoms with Crippen molar-refractivity contribution in [2.45, 2.75) is 38.7 Å². The maximum atomic E-state index is 12.8. The van der Waals surface area contributed by atoms with E-state index in [1.807, 2.05) is 55.1 Å². The summed E-state index contributed by atoms with van der Waals surface area (Å²) >= 11 is 3.42. The van der Waals surface area contributed by atoms with Crippen molar-refractivity contribution in [3.8, 4) is 5.75 Å². The van der Waals surface area contributed by atoms with Crippen LogP contribution in [0, 0.1) is 13.8 Å². The third-order valence-electron chi connectivity index (χ3n) is 5.74. The smallest absolute Gasteiger partial charge is 0.253 e. The highest BCUT2D eigenvalue weighted by atomic mass is 79.9. The van der Waals surface area contributed by atoms with Crippen LogP contribution in [0.1, 0.15) is 51.1 Å². The Morgan fingerprint density at radius 1 is 1.11 bits per heavy atom. The maximum Gasteiger partial charge on any atom is 0.253 e. The number of halogens is 1. The normalized spacial score (nSPS) is 18.2. The Morgan fingerprint density at radius 3 is 2.52 bits per heavy atom. The Morgan fingerprint density at radius 2 is 1.81 bits per heavy atom. The molecule has 2 aromatic rings. The zero-order chi connectivity index (χ0) is 19.2. The standard InChI is InChI=1S/C22H22BrNO3/c1-14-10-18-19(25)13-22(27-20(18)11-15(14)2)6-8-24(9-7-22)21(26)16-4-3-5-17(23)12-16/h3-5,10-12H,6-9,13H2,1-2H3. The average Bonchev–Trinajstić information content (AvgIpc) is 2.64. The number of fused-ring (bicyclic) bond motifs is 1. The highest BCUT2D eigenvalue weighted by molar-refractivity contribution is 9.10. The minimum Gasteiger partial charge on any atom is -0.486 e. The van der Waals surface area contributed by atoms with Crippen LogP contribution in [0.5, 0.6) is 5.75 Å². The number of hydrogen-bond acceptors (Lipinski definition) is 3. The van der Waals surface area contributed by atoms with Crippen molar-refractivity contribution in [2.75, 3.05) is 13.1 Å². The molecule has 1 fully saturated rings. The van der Waals surface area contributed by atoms with E-state index in [0.29, 0.717) is 49.2 Å². The van der Waals surface area contributed by atoms with E-state index in [1.54, 1.807) is 0 Å². The summed E-state index contributed by atoms with van der Waals surface area (Å²) in [5, 5.41) is 0. The number of nitrogens with zero attached hydrogens (tertiary/aromatic N) is 1. The summed E-state index contributed by atoms with van der Waals surface area (Å²) in [4.78, 5) is 27.4. The number of Topliss-reactive ketones (excluding diaryl/α,β-unsaturated/α-hetero) is 1. The molecule has 0 radical (unpaired) electrons. The van der Waals surface area contributed by atoms with Crippen molar-refractivity contribution < 1.29 is 14.3 Å². The van der Waals surface area contributed by atoms with Gasteiger partial charge in [-0.1, -0.05) is 22.0 Å². The van der Waals surface area contributed by atoms with Crippen LogP contribution in [-0.4, -0.2) is 35.3 Å². The van der Waals surface area contributed by atoms with Crippen LogP contribution in [0.3, 0.4) is 0 Å². The van der Waals surface area contributed by atoms with E-state index in [2.05, 4.69) is 15.9 Å². The second kappa shape index (κ2) is 6.79. The molecular weight excluding hydrogens is 406 g/mol. The van der Waals surface area contributed by atoms with Gasteiger partial charge in [-0.2, -0.15) is 0 Å². The second-order valence-electron chi connectivity index (χ2n) is 7.62. The first-order chi connectivity index (χ1) is 12.9. The number of hydrogen-bond donors (Lipinski definition) is 0. The lowest BCUT2D eigenvalue weighted by Gasteiger charge is -2.44. The number of carbonyl (C=O) groups is 2. The van der Waals surface area contributed by atoms with Gasteiger partial charge in [-0.15, -0.1) is 0 Å². The topological polar surface area (TPSA) is 46.6 Å². The van der Waals surface area contributed by atoms with Gasteiger partial charge in [0.15, 0.2) is 5.78 Å². The molecule has 5 heteroatoms. The fourth-order valence-electron chi connectivity index (χ4n) is 3.95. The highest BCUT2D eigenvalue weighted by Gasteiger charge is 2.43. The summed E-state index contributed by atoms with van der Waals surface area (Å²) in [5.74, 6) is 0.868. The summed E-state index contributed by atoms with van der Waals surface area (Å²) < 4.78 is 7.25. The van der Waals surface area contributed by atoms with E-state index in [4.69, 9.17) is 4.74 Å². The molecule has 2 aliphatic heterocycles. The molecule has 27 heavy (non-hydrogen) atoms. The maximum absolute atomic E-state index is 12.8. The fourth-order valence-corrected chi connectivity index (χ4v) is 4.35. The van der Waals surface area contributed by atoms with E-state index in [0.717, 1.165) is 15.6 Å². The van der Waals surface area contributed by atoms with Crippen LogP contribution >= 0.6 is 15.9 Å². The van der Waals surface area contributed by atoms with Gasteiger partial charge in [-0.3, -0.25) is 9.59 Å². The van der Waals surface area contributed by atoms with Crippen molar-refractivity contribution in [2.24, 2.45) is 0 Å². The number of piperidine rings is 1. The summed E-state index contributed by atoms with van der Waals surface area (Å²) in [6.07, 6.45) is 1.73. The van der Waals surface area contributed by atoms with Crippen LogP contribution in [0.4, 0.5) is 0 Å². The summed E-state index contributed by atoms with van der Waals surface area (Å²) in [5.41, 5.74) is 3.12. The molecule has 4 nitrogen and oxygen atoms in total. The fraction of sp³-hybridized carbons (Fsp3) is 0.364. The average molecular weight is 428 g/mol. The molecule has 0 N–H and O–H groups in total. The van der Waals surface area contributed by atoms with E-state index >= 15 is 0 Å². The van der Waals surface area contributed by atoms with Crippen LogP contribution in [0.25, 0.3) is 0 Å². The first kappa shape index (κ1) is 18.2. The Hall–Kier alpha value is -2.14. The van der Waals surface area contributed by atoms with Gasteiger partial charge in [-0.05, 0) is 55.3 Å². The molecule has 2 aromatic carbocycles. The lowest BCUT2D eigenvalue weighted by molar-refractivity contribution is -0.00575. The first-order valence-corrected chi connectivity index (χ1v) is 10.0. The monoisotopic (exact) mass is 427 g/mol. The number of carbonyl (C=O) groups excluding carboxylic acids is 2. The van der Waals surface area contributed by atoms with E-state index in [9.17, 15) is 9.59 Å². The highest BCUT2D eigenvalue weighted by Crippen LogP contribution is 2.40. The second-order valence-corrected chi connectivity index (χ2v) is 8.54. The van der Waals surface area contributed by atoms with Gasteiger partial charge < -0.3 is 9.64 Å². The van der Waals surface area contributed by atoms with Gasteiger partial charge in [0.05, 0.1) is 12.0 Å². The van der Waals surface area contributed by atoms with Crippen molar-refractivity contribution >= 4 is 27.6 Å². The molecule has 4 rings (SSSR count). The predicted molar refractivity (Wildman–Crippen MR) is 108 cm³/mol. The molecule has 0 aromatic heterocycles. The quantitative estimate of drug-likeness (QED) is 0.661. The molecule has 0 aliphatic carbocycles. The SMILES string of the molecule is Cc1cc2c(cc1C)C(=O)CC1(CCN(C(=O)c3cccc(Br)c3)CC1)O2. The molecule has 2 aliphatic rings. The summed E-state index contributed by atoms with van der Waals surface area (Å²) in [6, 6.07) is 11.4. The van der Waals surface area contributed by atoms with E-state index in [1.165, 1.54) is 0 Å². The minimum atomic E-state index is -0.486. The van der Waals surface area contributed by atoms with Crippen LogP contribution < -0.4 is 4.74 Å². The minimum absolute atomic E-state index is 0.0279. The first-order valence-electron chi connectivity index (χ1n) is 9.25. The number of ketones is 1. The number of aryl methyl sites for hydroxylation is 2. The molecule has 1 saturated heterocycles. The number of amides is 1. The van der Waals surface area contributed by atoms with Crippen molar-refractivity contribution in [1.82, 2.24) is 4.90 Å². The van der Waals surface area contributed by atoms with Crippen LogP contribution in [0.15, 0.2) is 40.9 Å². The zero-order valence-electron chi connectivity index (χ0n) is 15.5. The Bertz CT molecular complexity index is 929. The Balaban J connectivity index is 1.51. The molecule has 0 saturated carbocycles. The molecule has 140 valence electrons. The van der Waals surface area contributed by atoms with Crippen molar-refractivity contribution in [3.63, 3.8) is 0 Å². The van der Waals surface area contributed by atoms with Crippen molar-refractivity contribution in [1.29, 1.82) is 0 Å². The zero-order valence-corrected chi connectivity index (χ0v) is 17.1. The molecule has 1 amide bonds. The van der Waals surface area contributed by atoms with Crippen LogP contribution in [0.2, 0.25) is 0 Å². The number of rotatable bonds is 1. The molecule has 0 unspecified atom stereocenters. The molecule has 1 spiro atoms. The largest absolute Gasteiger partial charge is 0.486 e. The van der Waals surface area contributed by atoms with Gasteiger partial charge in [0.2, 0.25) is 0 Å². The van der Waals surface area contributed by atoms with E-state index < -0.39 is 5.60 Å². The third kappa shape index (κ3) is 3.41. The Kier molecular flexibility index (Phi) is 4.58. The summed E-state index contributed by atoms with van der Waals surface area (Å²) in [7, 11) is 0. The van der Waals surface area contributed by atoms with Gasteiger partial charge in [0.25, 0.3) is 5.91 Å². The van der Waals surface area contributed by atoms with Gasteiger partial charge in [0.1, 0.15) is 11.4 Å². The van der Waals surface area contributed by atoms with Crippen molar-refractivity contribution in [3.05, 3.63) is 63.1 Å². The number of ether oxygens (including phenoxy) is 1. The van der Waals surface area contributed by atoms with Crippen LogP contribution in [-0.2, 0) is 0 Å². The lowest BCUT2D eigenvalue weighted by Crippen LogP contribution is -2.52. The molecule has 0 bridgehead atoms. The van der Waals surface area contributed by atoms with Gasteiger partial charge in [0, 0.05) is 36.0 Å². The molecule has 0 atom stereocenters. The van der Waals surface area contributed by atoms with Gasteiger partial charge in [-0.25, -0.2) is 0 Å². The number of benzene rings is 2. The van der Waals surface area contributed by atoms with Gasteiger partial charge >= 0.3 is 0 Å².